The van der Waals surface area contributed by atoms with Crippen molar-refractivity contribution in [1.82, 2.24) is 0 Å². The van der Waals surface area contributed by atoms with Gasteiger partial charge in [0.1, 0.15) is 0 Å². The number of rotatable bonds is 3. The first kappa shape index (κ1) is 12.4. The predicted octanol–water partition coefficient (Wildman–Crippen LogP) is 3.64. The van der Waals surface area contributed by atoms with Gasteiger partial charge in [0.25, 0.3) is 5.69 Å². The third-order valence-electron chi connectivity index (χ3n) is 2.45. The molecule has 0 atom stereocenters. The Morgan fingerprint density at radius 1 is 1.22 bits per heavy atom. The molecule has 4 nitrogen and oxygen atoms in total. The number of benzene rings is 2. The van der Waals surface area contributed by atoms with Crippen LogP contribution in [0.15, 0.2) is 52.3 Å². The molecule has 0 radical (unpaired) electrons. The van der Waals surface area contributed by atoms with Gasteiger partial charge in [0.15, 0.2) is 0 Å². The van der Waals surface area contributed by atoms with Gasteiger partial charge in [0, 0.05) is 27.6 Å². The van der Waals surface area contributed by atoms with Gasteiger partial charge < -0.3 is 5.73 Å². The summed E-state index contributed by atoms with van der Waals surface area (Å²) >= 11 is 1.48. The molecule has 0 heterocycles. The standard InChI is InChI=1S/C13H12N2O2S/c1-9-4-2-3-5-13(9)18-12-7-10(14)6-11(8-12)15(16)17/h2-8H,14H2,1H3. The molecular formula is C13H12N2O2S. The van der Waals surface area contributed by atoms with E-state index in [1.165, 1.54) is 23.9 Å². The van der Waals surface area contributed by atoms with Gasteiger partial charge >= 0.3 is 0 Å². The molecule has 0 bridgehead atoms. The van der Waals surface area contributed by atoms with E-state index in [1.807, 2.05) is 31.2 Å². The largest absolute Gasteiger partial charge is 0.398 e. The summed E-state index contributed by atoms with van der Waals surface area (Å²) in [5.74, 6) is 0. The monoisotopic (exact) mass is 260 g/mol. The lowest BCUT2D eigenvalue weighted by Gasteiger charge is -2.06. The van der Waals surface area contributed by atoms with Crippen LogP contribution in [0.3, 0.4) is 0 Å². The number of anilines is 1. The lowest BCUT2D eigenvalue weighted by molar-refractivity contribution is -0.385. The van der Waals surface area contributed by atoms with Crippen LogP contribution >= 0.6 is 11.8 Å². The highest BCUT2D eigenvalue weighted by Crippen LogP contribution is 2.33. The molecule has 0 amide bonds. The zero-order chi connectivity index (χ0) is 13.1. The van der Waals surface area contributed by atoms with Crippen LogP contribution < -0.4 is 5.73 Å². The highest BCUT2D eigenvalue weighted by atomic mass is 32.2. The SMILES string of the molecule is Cc1ccccc1Sc1cc(N)cc([N+](=O)[O-])c1. The van der Waals surface area contributed by atoms with Crippen LogP contribution in [0.1, 0.15) is 5.56 Å². The predicted molar refractivity (Wildman–Crippen MR) is 72.8 cm³/mol. The maximum Gasteiger partial charge on any atom is 0.272 e. The molecule has 5 heteroatoms. The molecule has 0 unspecified atom stereocenters. The Morgan fingerprint density at radius 2 is 1.94 bits per heavy atom. The average Bonchev–Trinajstić information content (AvgIpc) is 2.31. The molecule has 18 heavy (non-hydrogen) atoms. The van der Waals surface area contributed by atoms with Crippen LogP contribution in [0.25, 0.3) is 0 Å². The van der Waals surface area contributed by atoms with Crippen LogP contribution in [0, 0.1) is 17.0 Å². The van der Waals surface area contributed by atoms with E-state index in [4.69, 9.17) is 5.73 Å². The van der Waals surface area contributed by atoms with Crippen molar-refractivity contribution in [3.8, 4) is 0 Å². The molecule has 2 N–H and O–H groups in total. The van der Waals surface area contributed by atoms with E-state index in [0.29, 0.717) is 5.69 Å². The molecule has 2 aromatic carbocycles. The molecule has 2 aromatic rings. The minimum absolute atomic E-state index is 0.0195. The molecular weight excluding hydrogens is 248 g/mol. The average molecular weight is 260 g/mol. The number of nitrogen functional groups attached to an aromatic ring is 1. The van der Waals surface area contributed by atoms with E-state index in [2.05, 4.69) is 0 Å². The summed E-state index contributed by atoms with van der Waals surface area (Å²) in [4.78, 5) is 12.2. The highest BCUT2D eigenvalue weighted by Gasteiger charge is 2.10. The molecule has 92 valence electrons. The summed E-state index contributed by atoms with van der Waals surface area (Å²) in [6.07, 6.45) is 0. The van der Waals surface area contributed by atoms with E-state index < -0.39 is 4.92 Å². The summed E-state index contributed by atoms with van der Waals surface area (Å²) in [6.45, 7) is 2.00. The fourth-order valence-electron chi connectivity index (χ4n) is 1.57. The minimum atomic E-state index is -0.432. The first-order chi connectivity index (χ1) is 8.56. The third kappa shape index (κ3) is 2.81. The number of hydrogen-bond acceptors (Lipinski definition) is 4. The lowest BCUT2D eigenvalue weighted by Crippen LogP contribution is -1.92. The van der Waals surface area contributed by atoms with Gasteiger partial charge in [-0.1, -0.05) is 30.0 Å². The van der Waals surface area contributed by atoms with Crippen molar-refractivity contribution in [1.29, 1.82) is 0 Å². The van der Waals surface area contributed by atoms with Crippen molar-refractivity contribution >= 4 is 23.1 Å². The van der Waals surface area contributed by atoms with Gasteiger partial charge in [-0.3, -0.25) is 10.1 Å². The van der Waals surface area contributed by atoms with Crippen LogP contribution in [0.4, 0.5) is 11.4 Å². The van der Waals surface area contributed by atoms with E-state index in [-0.39, 0.29) is 5.69 Å². The normalized spacial score (nSPS) is 10.3. The van der Waals surface area contributed by atoms with E-state index in [9.17, 15) is 10.1 Å². The number of nitrogens with two attached hydrogens (primary N) is 1. The Balaban J connectivity index is 2.35. The van der Waals surface area contributed by atoms with Crippen molar-refractivity contribution in [3.63, 3.8) is 0 Å². The second kappa shape index (κ2) is 5.10. The number of aryl methyl sites for hydroxylation is 1. The van der Waals surface area contributed by atoms with E-state index in [0.717, 1.165) is 15.4 Å². The second-order valence-corrected chi connectivity index (χ2v) is 5.00. The quantitative estimate of drug-likeness (QED) is 0.519. The van der Waals surface area contributed by atoms with Crippen LogP contribution in [0.2, 0.25) is 0 Å². The van der Waals surface area contributed by atoms with Crippen LogP contribution in [-0.2, 0) is 0 Å². The van der Waals surface area contributed by atoms with Gasteiger partial charge in [-0.05, 0) is 24.6 Å². The number of hydrogen-bond donors (Lipinski definition) is 1. The second-order valence-electron chi connectivity index (χ2n) is 3.88. The van der Waals surface area contributed by atoms with Crippen molar-refractivity contribution in [2.45, 2.75) is 16.7 Å². The first-order valence-electron chi connectivity index (χ1n) is 5.35. The molecule has 0 saturated heterocycles. The van der Waals surface area contributed by atoms with E-state index in [1.54, 1.807) is 6.07 Å². The van der Waals surface area contributed by atoms with Crippen LogP contribution in [-0.4, -0.2) is 4.92 Å². The Kier molecular flexibility index (Phi) is 3.53. The Hall–Kier alpha value is -2.01. The van der Waals surface area contributed by atoms with Gasteiger partial charge in [-0.2, -0.15) is 0 Å². The van der Waals surface area contributed by atoms with Crippen molar-refractivity contribution in [2.75, 3.05) is 5.73 Å². The Morgan fingerprint density at radius 3 is 2.61 bits per heavy atom. The molecule has 0 aliphatic heterocycles. The summed E-state index contributed by atoms with van der Waals surface area (Å²) < 4.78 is 0. The maximum absolute atomic E-state index is 10.8. The topological polar surface area (TPSA) is 69.2 Å². The van der Waals surface area contributed by atoms with Crippen molar-refractivity contribution < 1.29 is 4.92 Å². The highest BCUT2D eigenvalue weighted by molar-refractivity contribution is 7.99. The maximum atomic E-state index is 10.8. The number of nitro benzene ring substituents is 1. The zero-order valence-electron chi connectivity index (χ0n) is 9.79. The summed E-state index contributed by atoms with van der Waals surface area (Å²) in [5, 5.41) is 10.8. The number of non-ortho nitro benzene ring substituents is 1. The Labute approximate surface area is 109 Å². The fraction of sp³-hybridized carbons (Fsp3) is 0.0769. The minimum Gasteiger partial charge on any atom is -0.398 e. The fourth-order valence-corrected chi connectivity index (χ4v) is 2.57. The van der Waals surface area contributed by atoms with Gasteiger partial charge in [-0.25, -0.2) is 0 Å². The van der Waals surface area contributed by atoms with Gasteiger partial charge in [-0.15, -0.1) is 0 Å². The summed E-state index contributed by atoms with van der Waals surface area (Å²) in [7, 11) is 0. The molecule has 0 saturated carbocycles. The molecule has 2 rings (SSSR count). The van der Waals surface area contributed by atoms with Crippen molar-refractivity contribution in [2.24, 2.45) is 0 Å². The van der Waals surface area contributed by atoms with Gasteiger partial charge in [0.2, 0.25) is 0 Å². The first-order valence-corrected chi connectivity index (χ1v) is 6.16. The Bertz CT molecular complexity index is 599. The van der Waals surface area contributed by atoms with E-state index >= 15 is 0 Å². The smallest absolute Gasteiger partial charge is 0.272 e. The zero-order valence-corrected chi connectivity index (χ0v) is 10.6. The molecule has 0 spiro atoms. The molecule has 0 aliphatic rings. The number of nitrogens with zero attached hydrogens (tertiary/aromatic N) is 1. The molecule has 0 aliphatic carbocycles. The van der Waals surface area contributed by atoms with Crippen LogP contribution in [0.5, 0.6) is 0 Å². The third-order valence-corrected chi connectivity index (χ3v) is 3.60. The molecule has 0 fully saturated rings. The summed E-state index contributed by atoms with van der Waals surface area (Å²) in [6, 6.07) is 12.5. The number of nitro groups is 1. The van der Waals surface area contributed by atoms with Gasteiger partial charge in [0.05, 0.1) is 4.92 Å². The summed E-state index contributed by atoms with van der Waals surface area (Å²) in [5.41, 5.74) is 7.23. The lowest BCUT2D eigenvalue weighted by atomic mass is 10.2. The van der Waals surface area contributed by atoms with Crippen molar-refractivity contribution in [3.05, 3.63) is 58.1 Å². The molecule has 0 aromatic heterocycles.